The lowest BCUT2D eigenvalue weighted by atomic mass is 10.1. The molecule has 0 bridgehead atoms. The maximum Gasteiger partial charge on any atom is 0.0804 e. The zero-order chi connectivity index (χ0) is 19.1. The highest BCUT2D eigenvalue weighted by atomic mass is 28.3. The van der Waals surface area contributed by atoms with E-state index in [1.165, 1.54) is 38.1 Å². The Balaban J connectivity index is 2.23. The van der Waals surface area contributed by atoms with Gasteiger partial charge in [-0.2, -0.15) is 0 Å². The van der Waals surface area contributed by atoms with Gasteiger partial charge in [0.1, 0.15) is 0 Å². The number of hydrogen-bond acceptors (Lipinski definition) is 0. The highest BCUT2D eigenvalue weighted by molar-refractivity contribution is 6.91. The predicted molar refractivity (Wildman–Crippen MR) is 127 cm³/mol. The van der Waals surface area contributed by atoms with Crippen molar-refractivity contribution in [1.82, 2.24) is 4.40 Å². The standard InChI is InChI=1S/C24H27NSi2/c1-26(2,3)20-14-16-10-9-11-17-15-21(27(4,5)6)24-19-13-8-7-12-18(19)23(20)25(24)22(16)17/h7-15H,1-6H3. The van der Waals surface area contributed by atoms with Crippen molar-refractivity contribution >= 4 is 64.6 Å². The van der Waals surface area contributed by atoms with Crippen LogP contribution in [0.1, 0.15) is 0 Å². The first kappa shape index (κ1) is 17.0. The van der Waals surface area contributed by atoms with Crippen LogP contribution in [0, 0.1) is 0 Å². The van der Waals surface area contributed by atoms with Crippen LogP contribution < -0.4 is 10.4 Å². The molecule has 0 saturated carbocycles. The summed E-state index contributed by atoms with van der Waals surface area (Å²) in [4.78, 5) is 0. The molecule has 0 radical (unpaired) electrons. The van der Waals surface area contributed by atoms with E-state index in [-0.39, 0.29) is 0 Å². The van der Waals surface area contributed by atoms with Crippen molar-refractivity contribution in [2.45, 2.75) is 39.3 Å². The van der Waals surface area contributed by atoms with Crippen LogP contribution in [0.15, 0.2) is 54.6 Å². The molecule has 0 aliphatic heterocycles. The first-order chi connectivity index (χ1) is 12.7. The Labute approximate surface area is 163 Å². The van der Waals surface area contributed by atoms with Gasteiger partial charge < -0.3 is 4.40 Å². The maximum absolute atomic E-state index is 2.64. The largest absolute Gasteiger partial charge is 0.308 e. The van der Waals surface area contributed by atoms with E-state index in [4.69, 9.17) is 0 Å². The molecule has 1 nitrogen and oxygen atoms in total. The van der Waals surface area contributed by atoms with Gasteiger partial charge in [0.15, 0.2) is 0 Å². The monoisotopic (exact) mass is 385 g/mol. The molecule has 136 valence electrons. The highest BCUT2D eigenvalue weighted by Crippen LogP contribution is 2.35. The Bertz CT molecular complexity index is 1230. The van der Waals surface area contributed by atoms with E-state index in [2.05, 4.69) is 98.3 Å². The summed E-state index contributed by atoms with van der Waals surface area (Å²) < 4.78 is 2.64. The first-order valence-electron chi connectivity index (χ1n) is 9.90. The number of pyridine rings is 2. The summed E-state index contributed by atoms with van der Waals surface area (Å²) in [6.07, 6.45) is 0. The van der Waals surface area contributed by atoms with Crippen molar-refractivity contribution in [2.24, 2.45) is 0 Å². The summed E-state index contributed by atoms with van der Waals surface area (Å²) in [5.74, 6) is 0. The van der Waals surface area contributed by atoms with E-state index in [1.54, 1.807) is 10.4 Å². The van der Waals surface area contributed by atoms with Crippen LogP contribution in [0.25, 0.3) is 38.1 Å². The summed E-state index contributed by atoms with van der Waals surface area (Å²) in [6.45, 7) is 14.8. The van der Waals surface area contributed by atoms with Crippen molar-refractivity contribution in [3.05, 3.63) is 54.6 Å². The molecule has 0 spiro atoms. The normalized spacial score (nSPS) is 13.6. The quantitative estimate of drug-likeness (QED) is 0.332. The average molecular weight is 386 g/mol. The Kier molecular flexibility index (Phi) is 3.30. The van der Waals surface area contributed by atoms with Crippen molar-refractivity contribution in [2.75, 3.05) is 0 Å². The van der Waals surface area contributed by atoms with Gasteiger partial charge in [0, 0.05) is 10.8 Å². The number of hydrogen-bond donors (Lipinski definition) is 0. The van der Waals surface area contributed by atoms with Crippen LogP contribution in [-0.2, 0) is 0 Å². The van der Waals surface area contributed by atoms with Gasteiger partial charge in [-0.3, -0.25) is 0 Å². The van der Waals surface area contributed by atoms with Crippen LogP contribution >= 0.6 is 0 Å². The summed E-state index contributed by atoms with van der Waals surface area (Å²) in [5.41, 5.74) is 4.31. The summed E-state index contributed by atoms with van der Waals surface area (Å²) in [5, 5.41) is 8.76. The van der Waals surface area contributed by atoms with Crippen molar-refractivity contribution < 1.29 is 0 Å². The molecule has 2 aromatic carbocycles. The van der Waals surface area contributed by atoms with E-state index in [9.17, 15) is 0 Å². The van der Waals surface area contributed by atoms with Gasteiger partial charge in [-0.15, -0.1) is 0 Å². The second-order valence-corrected chi connectivity index (χ2v) is 20.1. The van der Waals surface area contributed by atoms with Gasteiger partial charge in [-0.05, 0) is 21.1 Å². The average Bonchev–Trinajstić information content (AvgIpc) is 2.93. The van der Waals surface area contributed by atoms with Crippen molar-refractivity contribution in [1.29, 1.82) is 0 Å². The number of benzene rings is 2. The molecule has 0 fully saturated rings. The van der Waals surface area contributed by atoms with E-state index in [0.29, 0.717) is 0 Å². The van der Waals surface area contributed by atoms with Gasteiger partial charge in [-0.25, -0.2) is 0 Å². The van der Waals surface area contributed by atoms with E-state index < -0.39 is 16.1 Å². The van der Waals surface area contributed by atoms with Crippen LogP contribution in [0.3, 0.4) is 0 Å². The molecule has 3 heterocycles. The summed E-state index contributed by atoms with van der Waals surface area (Å²) in [6, 6.07) is 20.9. The predicted octanol–water partition coefficient (Wildman–Crippen LogP) is 5.93. The fraction of sp³-hybridized carbons (Fsp3) is 0.250. The van der Waals surface area contributed by atoms with Crippen LogP contribution in [0.2, 0.25) is 39.3 Å². The molecular formula is C24H27NSi2. The highest BCUT2D eigenvalue weighted by Gasteiger charge is 2.29. The van der Waals surface area contributed by atoms with Gasteiger partial charge in [0.05, 0.1) is 32.7 Å². The summed E-state index contributed by atoms with van der Waals surface area (Å²) in [7, 11) is -3.02. The molecule has 27 heavy (non-hydrogen) atoms. The number of rotatable bonds is 2. The third-order valence-corrected chi connectivity index (χ3v) is 9.93. The van der Waals surface area contributed by atoms with Crippen molar-refractivity contribution in [3.63, 3.8) is 0 Å². The molecular weight excluding hydrogens is 358 g/mol. The molecule has 0 saturated heterocycles. The molecule has 3 aromatic heterocycles. The second-order valence-electron chi connectivity index (χ2n) is 9.98. The zero-order valence-corrected chi connectivity index (χ0v) is 19.1. The number of para-hydroxylation sites is 1. The molecule has 0 amide bonds. The van der Waals surface area contributed by atoms with Gasteiger partial charge in [0.2, 0.25) is 0 Å². The Morgan fingerprint density at radius 1 is 0.556 bits per heavy atom. The topological polar surface area (TPSA) is 4.41 Å². The molecule has 3 heteroatoms. The van der Waals surface area contributed by atoms with E-state index in [1.807, 2.05) is 0 Å². The Morgan fingerprint density at radius 2 is 1.00 bits per heavy atom. The lowest BCUT2D eigenvalue weighted by Gasteiger charge is -2.24. The summed E-state index contributed by atoms with van der Waals surface area (Å²) >= 11 is 0. The van der Waals surface area contributed by atoms with E-state index >= 15 is 0 Å². The number of aromatic nitrogens is 1. The third kappa shape index (κ3) is 2.28. The fourth-order valence-corrected chi connectivity index (χ4v) is 7.76. The zero-order valence-electron chi connectivity index (χ0n) is 17.1. The first-order valence-corrected chi connectivity index (χ1v) is 16.9. The molecule has 5 rings (SSSR count). The minimum atomic E-state index is -1.51. The van der Waals surface area contributed by atoms with Gasteiger partial charge >= 0.3 is 0 Å². The van der Waals surface area contributed by atoms with Crippen LogP contribution in [0.4, 0.5) is 0 Å². The van der Waals surface area contributed by atoms with Crippen molar-refractivity contribution in [3.8, 4) is 0 Å². The smallest absolute Gasteiger partial charge is 0.0804 e. The minimum absolute atomic E-state index is 1.38. The van der Waals surface area contributed by atoms with E-state index in [0.717, 1.165) is 0 Å². The molecule has 5 aromatic rings. The van der Waals surface area contributed by atoms with Gasteiger partial charge in [0.25, 0.3) is 0 Å². The molecule has 0 unspecified atom stereocenters. The molecule has 0 aliphatic rings. The van der Waals surface area contributed by atoms with Crippen LogP contribution in [0.5, 0.6) is 0 Å². The number of nitrogens with zero attached hydrogens (tertiary/aromatic N) is 1. The molecule has 0 N–H and O–H groups in total. The molecule has 0 aliphatic carbocycles. The number of fused-ring (bicyclic) bond motifs is 3. The van der Waals surface area contributed by atoms with Crippen LogP contribution in [-0.4, -0.2) is 20.5 Å². The Morgan fingerprint density at radius 3 is 1.41 bits per heavy atom. The maximum atomic E-state index is 2.64. The lowest BCUT2D eigenvalue weighted by molar-refractivity contribution is 1.35. The van der Waals surface area contributed by atoms with Gasteiger partial charge in [-0.1, -0.05) is 93.9 Å². The SMILES string of the molecule is C[Si](C)(C)c1cc2cccc3cc([Si](C)(C)C)c4c5ccccc5c1n4c23. The minimum Gasteiger partial charge on any atom is -0.308 e. The fourth-order valence-electron chi connectivity index (χ4n) is 4.67. The lowest BCUT2D eigenvalue weighted by Crippen LogP contribution is -2.40. The Hall–Kier alpha value is -2.11. The molecule has 0 atom stereocenters. The third-order valence-electron chi connectivity index (χ3n) is 5.93. The second kappa shape index (κ2) is 5.24.